The maximum absolute atomic E-state index is 12.4. The van der Waals surface area contributed by atoms with E-state index in [1.165, 1.54) is 0 Å². The maximum Gasteiger partial charge on any atom is 0.240 e. The van der Waals surface area contributed by atoms with E-state index in [0.717, 1.165) is 45.6 Å². The zero-order valence-corrected chi connectivity index (χ0v) is 11.9. The van der Waals surface area contributed by atoms with Gasteiger partial charge in [-0.15, -0.1) is 0 Å². The second-order valence-electron chi connectivity index (χ2n) is 6.97. The second-order valence-corrected chi connectivity index (χ2v) is 6.97. The Kier molecular flexibility index (Phi) is 3.70. The SMILES string of the molecule is CC(C)(C)[C@@H](N)C(=O)N1CCC2(CCOCC2)C1. The molecule has 2 rings (SSSR count). The lowest BCUT2D eigenvalue weighted by atomic mass is 9.79. The Labute approximate surface area is 110 Å². The molecule has 4 nitrogen and oxygen atoms in total. The molecule has 4 heteroatoms. The average Bonchev–Trinajstić information content (AvgIpc) is 2.71. The minimum atomic E-state index is -0.396. The van der Waals surface area contributed by atoms with E-state index in [1.807, 2.05) is 25.7 Å². The smallest absolute Gasteiger partial charge is 0.240 e. The first kappa shape index (κ1) is 13.8. The Morgan fingerprint density at radius 3 is 2.44 bits per heavy atom. The normalized spacial score (nSPS) is 25.4. The predicted octanol–water partition coefficient (Wildman–Crippen LogP) is 1.39. The standard InChI is InChI=1S/C14H26N2O2/c1-13(2,3)11(15)12(17)16-7-4-14(10-16)5-8-18-9-6-14/h11H,4-10,15H2,1-3H3/t11-/m0/s1. The Bertz CT molecular complexity index is 316. The first-order chi connectivity index (χ1) is 8.34. The van der Waals surface area contributed by atoms with E-state index < -0.39 is 6.04 Å². The van der Waals surface area contributed by atoms with Gasteiger partial charge in [0.2, 0.25) is 5.91 Å². The van der Waals surface area contributed by atoms with Crippen LogP contribution in [0.4, 0.5) is 0 Å². The second kappa shape index (κ2) is 4.82. The van der Waals surface area contributed by atoms with Crippen LogP contribution in [0.25, 0.3) is 0 Å². The van der Waals surface area contributed by atoms with Gasteiger partial charge in [-0.05, 0) is 30.1 Å². The molecule has 1 spiro atoms. The lowest BCUT2D eigenvalue weighted by molar-refractivity contribution is -0.134. The molecule has 2 fully saturated rings. The van der Waals surface area contributed by atoms with Crippen molar-refractivity contribution in [2.24, 2.45) is 16.6 Å². The Morgan fingerprint density at radius 2 is 1.89 bits per heavy atom. The minimum absolute atomic E-state index is 0.117. The van der Waals surface area contributed by atoms with Crippen LogP contribution in [0.2, 0.25) is 0 Å². The van der Waals surface area contributed by atoms with Crippen molar-refractivity contribution < 1.29 is 9.53 Å². The van der Waals surface area contributed by atoms with Crippen LogP contribution < -0.4 is 5.73 Å². The Balaban J connectivity index is 1.98. The predicted molar refractivity (Wildman–Crippen MR) is 71.1 cm³/mol. The van der Waals surface area contributed by atoms with E-state index in [9.17, 15) is 4.79 Å². The van der Waals surface area contributed by atoms with Crippen molar-refractivity contribution in [3.8, 4) is 0 Å². The molecule has 0 unspecified atom stereocenters. The third kappa shape index (κ3) is 2.69. The molecular formula is C14H26N2O2. The fourth-order valence-electron chi connectivity index (χ4n) is 2.90. The Hall–Kier alpha value is -0.610. The van der Waals surface area contributed by atoms with Gasteiger partial charge in [0.1, 0.15) is 0 Å². The highest BCUT2D eigenvalue weighted by Crippen LogP contribution is 2.40. The zero-order valence-electron chi connectivity index (χ0n) is 11.9. The van der Waals surface area contributed by atoms with E-state index in [1.54, 1.807) is 0 Å². The van der Waals surface area contributed by atoms with Crippen molar-refractivity contribution in [2.45, 2.75) is 46.1 Å². The topological polar surface area (TPSA) is 55.6 Å². The molecule has 0 aliphatic carbocycles. The van der Waals surface area contributed by atoms with E-state index in [2.05, 4.69) is 0 Å². The summed E-state index contributed by atoms with van der Waals surface area (Å²) in [7, 11) is 0. The van der Waals surface area contributed by atoms with Gasteiger partial charge in [0.15, 0.2) is 0 Å². The molecule has 0 aromatic heterocycles. The van der Waals surface area contributed by atoms with E-state index in [0.29, 0.717) is 5.41 Å². The van der Waals surface area contributed by atoms with Crippen LogP contribution in [-0.4, -0.2) is 43.2 Å². The molecule has 2 N–H and O–H groups in total. The third-order valence-electron chi connectivity index (χ3n) is 4.50. The molecule has 0 radical (unpaired) electrons. The van der Waals surface area contributed by atoms with Crippen LogP contribution >= 0.6 is 0 Å². The minimum Gasteiger partial charge on any atom is -0.381 e. The molecule has 2 heterocycles. The zero-order chi connectivity index (χ0) is 13.4. The van der Waals surface area contributed by atoms with Gasteiger partial charge in [-0.25, -0.2) is 0 Å². The lowest BCUT2D eigenvalue weighted by Crippen LogP contribution is -2.50. The first-order valence-corrected chi connectivity index (χ1v) is 6.96. The molecule has 0 saturated carbocycles. The van der Waals surface area contributed by atoms with Gasteiger partial charge in [-0.3, -0.25) is 4.79 Å². The number of amides is 1. The fraction of sp³-hybridized carbons (Fsp3) is 0.929. The number of likely N-dealkylation sites (tertiary alicyclic amines) is 1. The number of carbonyl (C=O) groups excluding carboxylic acids is 1. The van der Waals surface area contributed by atoms with Gasteiger partial charge in [-0.1, -0.05) is 20.8 Å². The van der Waals surface area contributed by atoms with Crippen LogP contribution in [0, 0.1) is 10.8 Å². The number of hydrogen-bond donors (Lipinski definition) is 1. The summed E-state index contributed by atoms with van der Waals surface area (Å²) in [5, 5.41) is 0. The summed E-state index contributed by atoms with van der Waals surface area (Å²) in [6.07, 6.45) is 3.28. The number of ether oxygens (including phenoxy) is 1. The lowest BCUT2D eigenvalue weighted by Gasteiger charge is -2.34. The first-order valence-electron chi connectivity index (χ1n) is 6.96. The largest absolute Gasteiger partial charge is 0.381 e. The summed E-state index contributed by atoms with van der Waals surface area (Å²) >= 11 is 0. The van der Waals surface area contributed by atoms with Crippen LogP contribution in [0.15, 0.2) is 0 Å². The number of nitrogens with two attached hydrogens (primary N) is 1. The van der Waals surface area contributed by atoms with Gasteiger partial charge in [0.05, 0.1) is 6.04 Å². The van der Waals surface area contributed by atoms with Gasteiger partial charge in [0, 0.05) is 26.3 Å². The highest BCUT2D eigenvalue weighted by atomic mass is 16.5. The molecule has 18 heavy (non-hydrogen) atoms. The maximum atomic E-state index is 12.4. The molecule has 2 aliphatic rings. The summed E-state index contributed by atoms with van der Waals surface area (Å²) in [4.78, 5) is 14.4. The molecule has 0 aromatic rings. The molecule has 1 amide bonds. The van der Waals surface area contributed by atoms with Crippen molar-refractivity contribution in [3.05, 3.63) is 0 Å². The van der Waals surface area contributed by atoms with Gasteiger partial charge in [-0.2, -0.15) is 0 Å². The number of rotatable bonds is 1. The van der Waals surface area contributed by atoms with Crippen LogP contribution in [-0.2, 0) is 9.53 Å². The van der Waals surface area contributed by atoms with Crippen molar-refractivity contribution in [1.29, 1.82) is 0 Å². The summed E-state index contributed by atoms with van der Waals surface area (Å²) in [6.45, 7) is 9.49. The number of hydrogen-bond acceptors (Lipinski definition) is 3. The quantitative estimate of drug-likeness (QED) is 0.769. The van der Waals surface area contributed by atoms with Gasteiger partial charge in [0.25, 0.3) is 0 Å². The fourth-order valence-corrected chi connectivity index (χ4v) is 2.90. The van der Waals surface area contributed by atoms with Crippen molar-refractivity contribution in [3.63, 3.8) is 0 Å². The van der Waals surface area contributed by atoms with E-state index >= 15 is 0 Å². The molecule has 2 aliphatic heterocycles. The molecule has 2 saturated heterocycles. The van der Waals surface area contributed by atoms with Crippen LogP contribution in [0.1, 0.15) is 40.0 Å². The molecular weight excluding hydrogens is 228 g/mol. The highest BCUT2D eigenvalue weighted by molar-refractivity contribution is 5.82. The summed E-state index contributed by atoms with van der Waals surface area (Å²) in [6, 6.07) is -0.396. The van der Waals surface area contributed by atoms with E-state index in [4.69, 9.17) is 10.5 Å². The van der Waals surface area contributed by atoms with E-state index in [-0.39, 0.29) is 11.3 Å². The molecule has 1 atom stereocenters. The highest BCUT2D eigenvalue weighted by Gasteiger charge is 2.43. The molecule has 104 valence electrons. The monoisotopic (exact) mass is 254 g/mol. The third-order valence-corrected chi connectivity index (χ3v) is 4.50. The van der Waals surface area contributed by atoms with Gasteiger partial charge >= 0.3 is 0 Å². The molecule has 0 aromatic carbocycles. The van der Waals surface area contributed by atoms with Crippen molar-refractivity contribution >= 4 is 5.91 Å². The van der Waals surface area contributed by atoms with Crippen molar-refractivity contribution in [2.75, 3.05) is 26.3 Å². The summed E-state index contributed by atoms with van der Waals surface area (Å²) < 4.78 is 5.43. The Morgan fingerprint density at radius 1 is 1.28 bits per heavy atom. The molecule has 0 bridgehead atoms. The number of nitrogens with zero attached hydrogens (tertiary/aromatic N) is 1. The average molecular weight is 254 g/mol. The summed E-state index contributed by atoms with van der Waals surface area (Å²) in [5.74, 6) is 0.117. The number of carbonyl (C=O) groups is 1. The van der Waals surface area contributed by atoms with Crippen LogP contribution in [0.5, 0.6) is 0 Å². The van der Waals surface area contributed by atoms with Gasteiger partial charge < -0.3 is 15.4 Å². The van der Waals surface area contributed by atoms with Crippen molar-refractivity contribution in [1.82, 2.24) is 4.90 Å². The van der Waals surface area contributed by atoms with Crippen LogP contribution in [0.3, 0.4) is 0 Å². The summed E-state index contributed by atoms with van der Waals surface area (Å²) in [5.41, 5.74) is 6.22.